The zero-order valence-corrected chi connectivity index (χ0v) is 13.7. The second-order valence-electron chi connectivity index (χ2n) is 5.35. The Morgan fingerprint density at radius 1 is 1.43 bits per heavy atom. The molecule has 1 N–H and O–H groups in total. The van der Waals surface area contributed by atoms with E-state index >= 15 is 0 Å². The minimum atomic E-state index is -0.294. The third-order valence-corrected chi connectivity index (χ3v) is 4.69. The second kappa shape index (κ2) is 6.34. The largest absolute Gasteiger partial charge is 0.333 e. The van der Waals surface area contributed by atoms with Crippen molar-refractivity contribution in [3.8, 4) is 0 Å². The van der Waals surface area contributed by atoms with Crippen molar-refractivity contribution in [2.24, 2.45) is 0 Å². The molecule has 5 nitrogen and oxygen atoms in total. The van der Waals surface area contributed by atoms with Gasteiger partial charge >= 0.3 is 0 Å². The van der Waals surface area contributed by atoms with Crippen molar-refractivity contribution in [1.29, 1.82) is 0 Å². The monoisotopic (exact) mass is 327 g/mol. The van der Waals surface area contributed by atoms with Crippen LogP contribution < -0.4 is 5.32 Å². The molecule has 0 spiro atoms. The molecular weight excluding hydrogens is 310 g/mol. The van der Waals surface area contributed by atoms with Crippen LogP contribution in [-0.2, 0) is 17.8 Å². The number of carbonyl (C=O) groups is 2. The van der Waals surface area contributed by atoms with Crippen LogP contribution in [0.2, 0.25) is 0 Å². The maximum atomic E-state index is 12.7. The van der Waals surface area contributed by atoms with E-state index in [1.165, 1.54) is 11.0 Å². The molecule has 0 saturated carbocycles. The molecule has 1 aromatic heterocycles. The Bertz CT molecular complexity index is 782. The number of benzene rings is 1. The summed E-state index contributed by atoms with van der Waals surface area (Å²) in [5, 5.41) is 3.71. The van der Waals surface area contributed by atoms with E-state index in [0.717, 1.165) is 17.1 Å². The molecule has 0 radical (unpaired) electrons. The van der Waals surface area contributed by atoms with Crippen molar-refractivity contribution in [2.45, 2.75) is 19.9 Å². The number of nitrogens with zero attached hydrogens (tertiary/aromatic N) is 2. The Morgan fingerprint density at radius 3 is 3.04 bits per heavy atom. The summed E-state index contributed by atoms with van der Waals surface area (Å²) in [5.41, 5.74) is 2.27. The van der Waals surface area contributed by atoms with E-state index < -0.39 is 0 Å². The van der Waals surface area contributed by atoms with Gasteiger partial charge in [0, 0.05) is 29.1 Å². The van der Waals surface area contributed by atoms with Crippen LogP contribution in [0.4, 0.5) is 5.69 Å². The topological polar surface area (TPSA) is 62.3 Å². The molecule has 1 aliphatic heterocycles. The number of carbonyl (C=O) groups excluding carboxylic acids is 2. The fourth-order valence-electron chi connectivity index (χ4n) is 2.60. The molecule has 0 saturated heterocycles. The number of hydrogen-bond acceptors (Lipinski definition) is 4. The predicted molar refractivity (Wildman–Crippen MR) is 90.6 cm³/mol. The van der Waals surface area contributed by atoms with Crippen molar-refractivity contribution < 1.29 is 9.59 Å². The van der Waals surface area contributed by atoms with E-state index in [0.29, 0.717) is 24.3 Å². The fraction of sp³-hybridized carbons (Fsp3) is 0.235. The van der Waals surface area contributed by atoms with E-state index in [-0.39, 0.29) is 11.8 Å². The van der Waals surface area contributed by atoms with E-state index in [4.69, 9.17) is 0 Å². The third-order valence-electron chi connectivity index (χ3n) is 3.69. The van der Waals surface area contributed by atoms with Gasteiger partial charge < -0.3 is 10.2 Å². The highest BCUT2D eigenvalue weighted by atomic mass is 32.1. The molecule has 118 valence electrons. The molecule has 0 aliphatic carbocycles. The summed E-state index contributed by atoms with van der Waals surface area (Å²) in [6.07, 6.45) is 1.99. The molecule has 0 fully saturated rings. The van der Waals surface area contributed by atoms with Crippen LogP contribution >= 0.6 is 11.3 Å². The smallest absolute Gasteiger partial charge is 0.254 e. The van der Waals surface area contributed by atoms with Crippen LogP contribution in [0.25, 0.3) is 0 Å². The first-order valence-electron chi connectivity index (χ1n) is 7.35. The van der Waals surface area contributed by atoms with Gasteiger partial charge in [0.05, 0.1) is 17.2 Å². The van der Waals surface area contributed by atoms with Crippen LogP contribution in [0.1, 0.15) is 25.9 Å². The van der Waals surface area contributed by atoms with Crippen molar-refractivity contribution >= 4 is 28.8 Å². The van der Waals surface area contributed by atoms with Gasteiger partial charge in [-0.25, -0.2) is 4.98 Å². The molecule has 0 atom stereocenters. The van der Waals surface area contributed by atoms with Crippen LogP contribution in [0.3, 0.4) is 0 Å². The van der Waals surface area contributed by atoms with Gasteiger partial charge in [0.1, 0.15) is 0 Å². The highest BCUT2D eigenvalue weighted by molar-refractivity contribution is 7.11. The van der Waals surface area contributed by atoms with E-state index in [2.05, 4.69) is 16.9 Å². The van der Waals surface area contributed by atoms with Gasteiger partial charge in [-0.2, -0.15) is 0 Å². The SMILES string of the molecule is C=CC(=O)Nc1cccc(C(=O)N2CCc3nc(C)sc3C2)c1. The lowest BCUT2D eigenvalue weighted by atomic mass is 10.1. The Labute approximate surface area is 138 Å². The Balaban J connectivity index is 1.77. The summed E-state index contributed by atoms with van der Waals surface area (Å²) in [6, 6.07) is 6.97. The van der Waals surface area contributed by atoms with Gasteiger partial charge in [-0.1, -0.05) is 12.6 Å². The molecule has 1 aromatic carbocycles. The van der Waals surface area contributed by atoms with Crippen LogP contribution in [-0.4, -0.2) is 28.2 Å². The van der Waals surface area contributed by atoms with E-state index in [1.807, 2.05) is 11.8 Å². The summed E-state index contributed by atoms with van der Waals surface area (Å²) in [4.78, 5) is 31.6. The maximum Gasteiger partial charge on any atom is 0.254 e. The molecule has 0 bridgehead atoms. The highest BCUT2D eigenvalue weighted by Gasteiger charge is 2.24. The number of hydrogen-bond donors (Lipinski definition) is 1. The van der Waals surface area contributed by atoms with Crippen molar-refractivity contribution in [3.63, 3.8) is 0 Å². The van der Waals surface area contributed by atoms with Crippen LogP contribution in [0.15, 0.2) is 36.9 Å². The van der Waals surface area contributed by atoms with Gasteiger partial charge in [0.25, 0.3) is 5.91 Å². The molecule has 2 aromatic rings. The molecule has 0 unspecified atom stereocenters. The van der Waals surface area contributed by atoms with Crippen LogP contribution in [0, 0.1) is 6.92 Å². The zero-order valence-electron chi connectivity index (χ0n) is 12.8. The molecule has 23 heavy (non-hydrogen) atoms. The second-order valence-corrected chi connectivity index (χ2v) is 6.64. The minimum absolute atomic E-state index is 0.0311. The van der Waals surface area contributed by atoms with Crippen LogP contribution in [0.5, 0.6) is 0 Å². The Hall–Kier alpha value is -2.47. The first-order chi connectivity index (χ1) is 11.1. The number of amides is 2. The maximum absolute atomic E-state index is 12.7. The van der Waals surface area contributed by atoms with Crippen molar-refractivity contribution in [2.75, 3.05) is 11.9 Å². The van der Waals surface area contributed by atoms with Crippen molar-refractivity contribution in [1.82, 2.24) is 9.88 Å². The standard InChI is InChI=1S/C17H17N3O2S/c1-3-16(21)19-13-6-4-5-12(9-13)17(22)20-8-7-14-15(10-20)23-11(2)18-14/h3-6,9H,1,7-8,10H2,2H3,(H,19,21). The number of nitrogens with one attached hydrogen (secondary N) is 1. The predicted octanol–water partition coefficient (Wildman–Crippen LogP) is 2.77. The average molecular weight is 327 g/mol. The van der Waals surface area contributed by atoms with Crippen molar-refractivity contribution in [3.05, 3.63) is 58.1 Å². The highest BCUT2D eigenvalue weighted by Crippen LogP contribution is 2.26. The van der Waals surface area contributed by atoms with E-state index in [1.54, 1.807) is 35.6 Å². The zero-order chi connectivity index (χ0) is 16.4. The quantitative estimate of drug-likeness (QED) is 0.882. The first-order valence-corrected chi connectivity index (χ1v) is 8.16. The Morgan fingerprint density at radius 2 is 2.26 bits per heavy atom. The Kier molecular flexibility index (Phi) is 4.25. The summed E-state index contributed by atoms with van der Waals surface area (Å²) in [7, 11) is 0. The molecular formula is C17H17N3O2S. The van der Waals surface area contributed by atoms with Gasteiger partial charge in [-0.15, -0.1) is 11.3 Å². The number of rotatable bonds is 3. The summed E-state index contributed by atoms with van der Waals surface area (Å²) in [5.74, 6) is -0.325. The molecule has 3 rings (SSSR count). The summed E-state index contributed by atoms with van der Waals surface area (Å²) >= 11 is 1.65. The first kappa shape index (κ1) is 15.4. The average Bonchev–Trinajstić information content (AvgIpc) is 2.93. The summed E-state index contributed by atoms with van der Waals surface area (Å²) < 4.78 is 0. The lowest BCUT2D eigenvalue weighted by Crippen LogP contribution is -2.35. The third kappa shape index (κ3) is 3.32. The lowest BCUT2D eigenvalue weighted by molar-refractivity contribution is -0.111. The molecule has 1 aliphatic rings. The number of thiazole rings is 1. The number of fused-ring (bicyclic) bond motifs is 1. The molecule has 6 heteroatoms. The number of anilines is 1. The van der Waals surface area contributed by atoms with Gasteiger partial charge in [-0.3, -0.25) is 9.59 Å². The minimum Gasteiger partial charge on any atom is -0.333 e. The molecule has 2 heterocycles. The summed E-state index contributed by atoms with van der Waals surface area (Å²) in [6.45, 7) is 6.67. The number of aromatic nitrogens is 1. The normalized spacial score (nSPS) is 13.3. The fourth-order valence-corrected chi connectivity index (χ4v) is 3.60. The number of aryl methyl sites for hydroxylation is 1. The lowest BCUT2D eigenvalue weighted by Gasteiger charge is -2.26. The van der Waals surface area contributed by atoms with Gasteiger partial charge in [0.15, 0.2) is 0 Å². The van der Waals surface area contributed by atoms with Gasteiger partial charge in [-0.05, 0) is 31.2 Å². The van der Waals surface area contributed by atoms with Gasteiger partial charge in [0.2, 0.25) is 5.91 Å². The van der Waals surface area contributed by atoms with E-state index in [9.17, 15) is 9.59 Å². The molecule has 2 amide bonds.